The van der Waals surface area contributed by atoms with E-state index in [-0.39, 0.29) is 12.6 Å². The molecule has 0 radical (unpaired) electrons. The molecular weight excluding hydrogens is 542 g/mol. The van der Waals surface area contributed by atoms with Crippen LogP contribution in [0.2, 0.25) is 0 Å². The summed E-state index contributed by atoms with van der Waals surface area (Å²) in [7, 11) is 0. The molecule has 4 aromatic rings. The molecule has 0 aliphatic carbocycles. The summed E-state index contributed by atoms with van der Waals surface area (Å²) >= 11 is 1.71. The highest BCUT2D eigenvalue weighted by atomic mass is 32.1. The van der Waals surface area contributed by atoms with Gasteiger partial charge in [-0.3, -0.25) is 4.90 Å². The van der Waals surface area contributed by atoms with Crippen molar-refractivity contribution in [1.82, 2.24) is 35.1 Å². The van der Waals surface area contributed by atoms with Gasteiger partial charge in [0.05, 0.1) is 37.8 Å². The van der Waals surface area contributed by atoms with Gasteiger partial charge in [0.1, 0.15) is 5.82 Å². The molecule has 2 amide bonds. The van der Waals surface area contributed by atoms with Gasteiger partial charge in [0.15, 0.2) is 11.6 Å². The highest BCUT2D eigenvalue weighted by molar-refractivity contribution is 7.15. The number of benzene rings is 1. The molecule has 6 rings (SSSR count). The Bertz CT molecular complexity index is 1440. The van der Waals surface area contributed by atoms with Gasteiger partial charge < -0.3 is 25.0 Å². The molecule has 41 heavy (non-hydrogen) atoms. The Balaban J connectivity index is 1.19. The minimum absolute atomic E-state index is 0.236. The normalized spacial score (nSPS) is 16.0. The van der Waals surface area contributed by atoms with Crippen molar-refractivity contribution in [2.75, 3.05) is 62.8 Å². The fraction of sp³-hybridized carbons (Fsp3) is 0.357. The number of morpholine rings is 2. The maximum Gasteiger partial charge on any atom is 0.319 e. The fourth-order valence-corrected chi connectivity index (χ4v) is 5.51. The highest BCUT2D eigenvalue weighted by Crippen LogP contribution is 2.30. The molecule has 5 heterocycles. The molecule has 2 fully saturated rings. The van der Waals surface area contributed by atoms with Crippen molar-refractivity contribution < 1.29 is 14.3 Å². The largest absolute Gasteiger partial charge is 0.379 e. The maximum atomic E-state index is 12.4. The lowest BCUT2D eigenvalue weighted by Crippen LogP contribution is -2.37. The average Bonchev–Trinajstić information content (AvgIpc) is 3.50. The average molecular weight is 574 g/mol. The number of carbonyl (C=O) groups excluding carboxylic acids is 1. The molecule has 2 saturated heterocycles. The van der Waals surface area contributed by atoms with Gasteiger partial charge in [-0.05, 0) is 42.5 Å². The second-order valence-corrected chi connectivity index (χ2v) is 10.8. The number of ether oxygens (including phenoxy) is 2. The molecule has 1 aromatic carbocycles. The molecule has 0 saturated carbocycles. The Morgan fingerprint density at radius 3 is 2.32 bits per heavy atom. The molecule has 2 aliphatic heterocycles. The third-order valence-corrected chi connectivity index (χ3v) is 7.78. The molecule has 0 spiro atoms. The molecule has 2 aliphatic rings. The van der Waals surface area contributed by atoms with Gasteiger partial charge in [-0.15, -0.1) is 11.3 Å². The summed E-state index contributed by atoms with van der Waals surface area (Å²) in [6.07, 6.45) is 3.28. The molecule has 212 valence electrons. The van der Waals surface area contributed by atoms with E-state index in [9.17, 15) is 4.79 Å². The molecule has 0 atom stereocenters. The number of nitrogens with one attached hydrogen (secondary N) is 2. The van der Waals surface area contributed by atoms with Gasteiger partial charge in [0.25, 0.3) is 0 Å². The quantitative estimate of drug-likeness (QED) is 0.324. The first kappa shape index (κ1) is 27.1. The van der Waals surface area contributed by atoms with Crippen molar-refractivity contribution in [1.29, 1.82) is 0 Å². The SMILES string of the molecule is O=C(NCc1ncccn1)Nc1ccc(-c2nc(-c3ccc(CN4CCOCC4)s3)nc(N3CCOCC3)n2)cc1. The number of amides is 2. The molecule has 3 aromatic heterocycles. The number of hydrogen-bond acceptors (Lipinski definition) is 11. The van der Waals surface area contributed by atoms with Crippen molar-refractivity contribution >= 4 is 29.0 Å². The van der Waals surface area contributed by atoms with Gasteiger partial charge >= 0.3 is 6.03 Å². The molecule has 12 nitrogen and oxygen atoms in total. The van der Waals surface area contributed by atoms with E-state index in [1.54, 1.807) is 29.8 Å². The van der Waals surface area contributed by atoms with Crippen molar-refractivity contribution in [2.24, 2.45) is 0 Å². The second kappa shape index (κ2) is 13.1. The van der Waals surface area contributed by atoms with E-state index >= 15 is 0 Å². The summed E-state index contributed by atoms with van der Waals surface area (Å²) in [5, 5.41) is 5.60. The van der Waals surface area contributed by atoms with E-state index < -0.39 is 0 Å². The third kappa shape index (κ3) is 7.19. The number of anilines is 2. The van der Waals surface area contributed by atoms with Gasteiger partial charge in [-0.25, -0.2) is 19.7 Å². The zero-order valence-corrected chi connectivity index (χ0v) is 23.3. The minimum atomic E-state index is -0.340. The molecule has 13 heteroatoms. The lowest BCUT2D eigenvalue weighted by Gasteiger charge is -2.27. The van der Waals surface area contributed by atoms with Crippen LogP contribution in [0.3, 0.4) is 0 Å². The van der Waals surface area contributed by atoms with Gasteiger partial charge in [0.2, 0.25) is 5.95 Å². The van der Waals surface area contributed by atoms with Crippen LogP contribution >= 0.6 is 11.3 Å². The number of carbonyl (C=O) groups is 1. The number of nitrogens with zero attached hydrogens (tertiary/aromatic N) is 7. The van der Waals surface area contributed by atoms with Crippen LogP contribution in [0.25, 0.3) is 22.1 Å². The van der Waals surface area contributed by atoms with E-state index in [2.05, 4.69) is 42.5 Å². The monoisotopic (exact) mass is 573 g/mol. The first-order valence-electron chi connectivity index (χ1n) is 13.6. The lowest BCUT2D eigenvalue weighted by atomic mass is 10.2. The predicted molar refractivity (Wildman–Crippen MR) is 156 cm³/mol. The smallest absolute Gasteiger partial charge is 0.319 e. The third-order valence-electron chi connectivity index (χ3n) is 6.71. The van der Waals surface area contributed by atoms with E-state index in [0.29, 0.717) is 42.3 Å². The standard InChI is InChI=1S/C28H31N9O3S/c38-28(31-18-24-29-8-1-9-30-24)32-21-4-2-20(3-5-21)25-33-26(35-27(34-25)37-12-16-40-17-13-37)23-7-6-22(41-23)19-36-10-14-39-15-11-36/h1-9H,10-19H2,(H2,31,32,38). The van der Waals surface area contributed by atoms with Crippen molar-refractivity contribution in [3.63, 3.8) is 0 Å². The van der Waals surface area contributed by atoms with E-state index in [0.717, 1.165) is 56.4 Å². The predicted octanol–water partition coefficient (Wildman–Crippen LogP) is 3.05. The minimum Gasteiger partial charge on any atom is -0.379 e. The van der Waals surface area contributed by atoms with Crippen molar-refractivity contribution in [2.45, 2.75) is 13.1 Å². The van der Waals surface area contributed by atoms with Crippen LogP contribution in [-0.2, 0) is 22.6 Å². The number of hydrogen-bond donors (Lipinski definition) is 2. The van der Waals surface area contributed by atoms with Crippen molar-refractivity contribution in [3.05, 3.63) is 65.6 Å². The first-order chi connectivity index (χ1) is 20.2. The number of urea groups is 1. The van der Waals surface area contributed by atoms with Gasteiger partial charge in [-0.1, -0.05) is 0 Å². The van der Waals surface area contributed by atoms with E-state index in [1.807, 2.05) is 24.3 Å². The Morgan fingerprint density at radius 1 is 0.854 bits per heavy atom. The van der Waals surface area contributed by atoms with Gasteiger partial charge in [0, 0.05) is 61.2 Å². The maximum absolute atomic E-state index is 12.4. The van der Waals surface area contributed by atoms with Gasteiger partial charge in [-0.2, -0.15) is 9.97 Å². The summed E-state index contributed by atoms with van der Waals surface area (Å²) in [5.41, 5.74) is 1.48. The summed E-state index contributed by atoms with van der Waals surface area (Å²) in [5.74, 6) is 2.41. The lowest BCUT2D eigenvalue weighted by molar-refractivity contribution is 0.0346. The summed E-state index contributed by atoms with van der Waals surface area (Å²) in [6.45, 7) is 7.29. The second-order valence-electron chi connectivity index (χ2n) is 9.59. The zero-order chi connectivity index (χ0) is 27.9. The highest BCUT2D eigenvalue weighted by Gasteiger charge is 2.19. The fourth-order valence-electron chi connectivity index (χ4n) is 4.53. The molecule has 0 bridgehead atoms. The van der Waals surface area contributed by atoms with E-state index in [4.69, 9.17) is 24.4 Å². The molecule has 0 unspecified atom stereocenters. The van der Waals surface area contributed by atoms with Crippen LogP contribution in [0, 0.1) is 0 Å². The summed E-state index contributed by atoms with van der Waals surface area (Å²) < 4.78 is 11.0. The van der Waals surface area contributed by atoms with Crippen LogP contribution in [-0.4, -0.2) is 88.5 Å². The Kier molecular flexibility index (Phi) is 8.66. The van der Waals surface area contributed by atoms with Crippen LogP contribution in [0.15, 0.2) is 54.9 Å². The van der Waals surface area contributed by atoms with E-state index in [1.165, 1.54) is 4.88 Å². The number of rotatable bonds is 8. The number of aromatic nitrogens is 5. The topological polar surface area (TPSA) is 131 Å². The van der Waals surface area contributed by atoms with Crippen LogP contribution in [0.1, 0.15) is 10.7 Å². The summed E-state index contributed by atoms with van der Waals surface area (Å²) in [4.78, 5) is 41.9. The van der Waals surface area contributed by atoms with Crippen molar-refractivity contribution in [3.8, 4) is 22.1 Å². The number of thiophene rings is 1. The zero-order valence-electron chi connectivity index (χ0n) is 22.5. The molecular formula is C28H31N9O3S. The van der Waals surface area contributed by atoms with Crippen LogP contribution in [0.5, 0.6) is 0 Å². The Morgan fingerprint density at radius 2 is 1.56 bits per heavy atom. The Hall–Kier alpha value is -4.04. The summed E-state index contributed by atoms with van der Waals surface area (Å²) in [6, 6.07) is 13.1. The van der Waals surface area contributed by atoms with Crippen LogP contribution in [0.4, 0.5) is 16.4 Å². The first-order valence-corrected chi connectivity index (χ1v) is 14.4. The van der Waals surface area contributed by atoms with Crippen LogP contribution < -0.4 is 15.5 Å². The Labute approximate surface area is 241 Å². The molecule has 2 N–H and O–H groups in total.